The van der Waals surface area contributed by atoms with E-state index in [0.29, 0.717) is 0 Å². The summed E-state index contributed by atoms with van der Waals surface area (Å²) in [7, 11) is -1.03. The van der Waals surface area contributed by atoms with Crippen molar-refractivity contribution in [1.82, 2.24) is 0 Å². The van der Waals surface area contributed by atoms with Crippen LogP contribution in [0, 0.1) is 0 Å². The van der Waals surface area contributed by atoms with Gasteiger partial charge >= 0.3 is 0 Å². The Hall–Kier alpha value is -0.343. The molecule has 0 unspecified atom stereocenters. The number of hydrogen-bond donors (Lipinski definition) is 0. The SMILES string of the molecule is CC(=C[Si](C)(C)C)c1cccs1. The van der Waals surface area contributed by atoms with Crippen LogP contribution in [0.3, 0.4) is 0 Å². The van der Waals surface area contributed by atoms with E-state index in [4.69, 9.17) is 0 Å². The van der Waals surface area contributed by atoms with Gasteiger partial charge in [-0.05, 0) is 23.9 Å². The Balaban J connectivity index is 2.85. The molecule has 1 aromatic rings. The molecule has 0 aliphatic carbocycles. The molecule has 0 saturated heterocycles. The molecule has 0 bridgehead atoms. The van der Waals surface area contributed by atoms with Gasteiger partial charge in [0.15, 0.2) is 0 Å². The molecular formula is C10H16SSi. The van der Waals surface area contributed by atoms with Crippen LogP contribution in [0.25, 0.3) is 5.57 Å². The van der Waals surface area contributed by atoms with Gasteiger partial charge in [-0.1, -0.05) is 31.4 Å². The van der Waals surface area contributed by atoms with Gasteiger partial charge in [-0.25, -0.2) is 0 Å². The molecule has 0 aromatic carbocycles. The lowest BCUT2D eigenvalue weighted by atomic mass is 10.3. The number of thiophene rings is 1. The third-order valence-corrected chi connectivity index (χ3v) is 3.86. The van der Waals surface area contributed by atoms with E-state index in [-0.39, 0.29) is 0 Å². The van der Waals surface area contributed by atoms with Crippen LogP contribution in [0.1, 0.15) is 11.8 Å². The summed E-state index contributed by atoms with van der Waals surface area (Å²) in [5.74, 6) is 0. The van der Waals surface area contributed by atoms with E-state index in [2.05, 4.69) is 49.8 Å². The molecule has 2 heteroatoms. The first-order valence-electron chi connectivity index (χ1n) is 4.22. The fourth-order valence-corrected chi connectivity index (χ4v) is 3.49. The smallest absolute Gasteiger partial charge is 0.0691 e. The van der Waals surface area contributed by atoms with Crippen LogP contribution in [-0.4, -0.2) is 8.07 Å². The van der Waals surface area contributed by atoms with Gasteiger partial charge in [-0.3, -0.25) is 0 Å². The molecule has 0 aliphatic heterocycles. The molecule has 0 nitrogen and oxygen atoms in total. The Morgan fingerprint density at radius 2 is 2.08 bits per heavy atom. The van der Waals surface area contributed by atoms with E-state index in [1.54, 1.807) is 0 Å². The molecule has 0 fully saturated rings. The first kappa shape index (κ1) is 9.74. The van der Waals surface area contributed by atoms with Crippen molar-refractivity contribution in [3.63, 3.8) is 0 Å². The second-order valence-corrected chi connectivity index (χ2v) is 10.1. The van der Waals surface area contributed by atoms with Gasteiger partial charge in [-0.2, -0.15) is 0 Å². The van der Waals surface area contributed by atoms with Crippen molar-refractivity contribution in [2.24, 2.45) is 0 Å². The van der Waals surface area contributed by atoms with Gasteiger partial charge in [0.1, 0.15) is 0 Å². The zero-order valence-corrected chi connectivity index (χ0v) is 10.0. The summed E-state index contributed by atoms with van der Waals surface area (Å²) in [5, 5.41) is 2.14. The predicted molar refractivity (Wildman–Crippen MR) is 61.3 cm³/mol. The Bertz CT molecular complexity index is 265. The van der Waals surface area contributed by atoms with Crippen LogP contribution in [0.15, 0.2) is 23.2 Å². The maximum absolute atomic E-state index is 2.46. The standard InChI is InChI=1S/C10H16SSi/c1-9(8-12(2,3)4)10-6-5-7-11-10/h5-8H,1-4H3. The van der Waals surface area contributed by atoms with Crippen molar-refractivity contribution >= 4 is 25.0 Å². The topological polar surface area (TPSA) is 0 Å². The highest BCUT2D eigenvalue weighted by Crippen LogP contribution is 2.21. The van der Waals surface area contributed by atoms with Gasteiger partial charge in [0.25, 0.3) is 0 Å². The largest absolute Gasteiger partial charge is 0.144 e. The fraction of sp³-hybridized carbons (Fsp3) is 0.400. The maximum atomic E-state index is 2.46. The van der Waals surface area contributed by atoms with Gasteiger partial charge in [0, 0.05) is 4.88 Å². The lowest BCUT2D eigenvalue weighted by Gasteiger charge is -2.10. The zero-order chi connectivity index (χ0) is 9.19. The van der Waals surface area contributed by atoms with Gasteiger partial charge < -0.3 is 0 Å². The Morgan fingerprint density at radius 3 is 2.50 bits per heavy atom. The summed E-state index contributed by atoms with van der Waals surface area (Å²) in [6, 6.07) is 4.30. The number of hydrogen-bond acceptors (Lipinski definition) is 1. The molecule has 0 aliphatic rings. The van der Waals surface area contributed by atoms with Crippen LogP contribution in [0.4, 0.5) is 0 Å². The van der Waals surface area contributed by atoms with E-state index in [9.17, 15) is 0 Å². The van der Waals surface area contributed by atoms with Crippen LogP contribution in [-0.2, 0) is 0 Å². The Morgan fingerprint density at radius 1 is 1.42 bits per heavy atom. The molecule has 0 radical (unpaired) electrons. The molecule has 1 aromatic heterocycles. The molecule has 0 saturated carbocycles. The summed E-state index contributed by atoms with van der Waals surface area (Å²) in [6.45, 7) is 9.31. The van der Waals surface area contributed by atoms with Crippen molar-refractivity contribution in [3.8, 4) is 0 Å². The molecule has 66 valence electrons. The first-order valence-corrected chi connectivity index (χ1v) is 8.68. The number of rotatable bonds is 2. The van der Waals surface area contributed by atoms with Crippen molar-refractivity contribution in [1.29, 1.82) is 0 Å². The summed E-state index contributed by atoms with van der Waals surface area (Å²) < 4.78 is 0. The molecule has 1 heterocycles. The van der Waals surface area contributed by atoms with Crippen molar-refractivity contribution in [2.45, 2.75) is 26.6 Å². The fourth-order valence-electron chi connectivity index (χ4n) is 1.22. The molecule has 0 spiro atoms. The van der Waals surface area contributed by atoms with E-state index in [1.165, 1.54) is 10.5 Å². The Labute approximate surface area is 80.0 Å². The lowest BCUT2D eigenvalue weighted by molar-refractivity contribution is 1.68. The molecule has 0 amide bonds. The first-order chi connectivity index (χ1) is 5.49. The summed E-state index contributed by atoms with van der Waals surface area (Å²) in [4.78, 5) is 1.41. The summed E-state index contributed by atoms with van der Waals surface area (Å²) in [6.07, 6.45) is 0. The minimum absolute atomic E-state index is 1.03. The monoisotopic (exact) mass is 196 g/mol. The quantitative estimate of drug-likeness (QED) is 0.627. The summed E-state index contributed by atoms with van der Waals surface area (Å²) >= 11 is 1.83. The average Bonchev–Trinajstić information content (AvgIpc) is 2.32. The highest BCUT2D eigenvalue weighted by Gasteiger charge is 2.09. The van der Waals surface area contributed by atoms with Crippen molar-refractivity contribution in [3.05, 3.63) is 28.1 Å². The van der Waals surface area contributed by atoms with Gasteiger partial charge in [0.05, 0.1) is 8.07 Å². The maximum Gasteiger partial charge on any atom is 0.0691 e. The third kappa shape index (κ3) is 2.95. The molecule has 0 atom stereocenters. The molecule has 12 heavy (non-hydrogen) atoms. The molecule has 0 N–H and O–H groups in total. The third-order valence-electron chi connectivity index (χ3n) is 1.56. The van der Waals surface area contributed by atoms with Crippen LogP contribution < -0.4 is 0 Å². The highest BCUT2D eigenvalue weighted by atomic mass is 32.1. The minimum Gasteiger partial charge on any atom is -0.144 e. The molecular weight excluding hydrogens is 180 g/mol. The molecule has 1 rings (SSSR count). The van der Waals surface area contributed by atoms with Crippen LogP contribution in [0.5, 0.6) is 0 Å². The Kier molecular flexibility index (Phi) is 2.91. The second-order valence-electron chi connectivity index (χ2n) is 4.17. The predicted octanol–water partition coefficient (Wildman–Crippen LogP) is 4.03. The van der Waals surface area contributed by atoms with E-state index >= 15 is 0 Å². The zero-order valence-electron chi connectivity index (χ0n) is 8.22. The van der Waals surface area contributed by atoms with Gasteiger partial charge in [-0.15, -0.1) is 11.3 Å². The number of allylic oxidation sites excluding steroid dienone is 1. The van der Waals surface area contributed by atoms with E-state index < -0.39 is 8.07 Å². The van der Waals surface area contributed by atoms with Crippen LogP contribution in [0.2, 0.25) is 19.6 Å². The van der Waals surface area contributed by atoms with Gasteiger partial charge in [0.2, 0.25) is 0 Å². The normalized spacial score (nSPS) is 13.5. The second kappa shape index (κ2) is 3.58. The van der Waals surface area contributed by atoms with E-state index in [0.717, 1.165) is 0 Å². The van der Waals surface area contributed by atoms with Crippen LogP contribution >= 0.6 is 11.3 Å². The van der Waals surface area contributed by atoms with Crippen molar-refractivity contribution < 1.29 is 0 Å². The van der Waals surface area contributed by atoms with E-state index in [1.807, 2.05) is 11.3 Å². The highest BCUT2D eigenvalue weighted by molar-refractivity contribution is 7.11. The lowest BCUT2D eigenvalue weighted by Crippen LogP contribution is -2.16. The average molecular weight is 196 g/mol. The summed E-state index contributed by atoms with van der Waals surface area (Å²) in [5.41, 5.74) is 3.91. The minimum atomic E-state index is -1.03. The van der Waals surface area contributed by atoms with Crippen molar-refractivity contribution in [2.75, 3.05) is 0 Å².